The SMILES string of the molecule is O=C1COC(C(=O)N2CCC(Oc3ccc(-c4cnc5ccccc5c4)cc3)CC2)C1. The number of carbonyl (C=O) groups is 2. The lowest BCUT2D eigenvalue weighted by molar-refractivity contribution is -0.142. The number of para-hydroxylation sites is 1. The number of ether oxygens (including phenoxy) is 2. The summed E-state index contributed by atoms with van der Waals surface area (Å²) in [6.07, 6.45) is 3.11. The fraction of sp³-hybridized carbons (Fsp3) is 0.320. The van der Waals surface area contributed by atoms with E-state index in [0.29, 0.717) is 13.1 Å². The van der Waals surface area contributed by atoms with Crippen molar-refractivity contribution >= 4 is 22.6 Å². The van der Waals surface area contributed by atoms with Gasteiger partial charge in [-0.1, -0.05) is 30.3 Å². The molecule has 2 fully saturated rings. The molecule has 0 radical (unpaired) electrons. The Balaban J connectivity index is 1.18. The maximum atomic E-state index is 12.5. The van der Waals surface area contributed by atoms with Gasteiger partial charge in [0.05, 0.1) is 5.52 Å². The predicted molar refractivity (Wildman–Crippen MR) is 117 cm³/mol. The summed E-state index contributed by atoms with van der Waals surface area (Å²) in [6, 6.07) is 18.3. The molecule has 6 nitrogen and oxygen atoms in total. The van der Waals surface area contributed by atoms with Gasteiger partial charge in [-0.2, -0.15) is 0 Å². The van der Waals surface area contributed by atoms with Gasteiger partial charge in [-0.25, -0.2) is 0 Å². The van der Waals surface area contributed by atoms with E-state index >= 15 is 0 Å². The highest BCUT2D eigenvalue weighted by Crippen LogP contribution is 2.26. The van der Waals surface area contributed by atoms with Crippen LogP contribution in [0.15, 0.2) is 60.8 Å². The van der Waals surface area contributed by atoms with Crippen LogP contribution < -0.4 is 4.74 Å². The second kappa shape index (κ2) is 8.47. The van der Waals surface area contributed by atoms with Gasteiger partial charge >= 0.3 is 0 Å². The van der Waals surface area contributed by atoms with Crippen molar-refractivity contribution in [3.8, 4) is 16.9 Å². The highest BCUT2D eigenvalue weighted by Gasteiger charge is 2.34. The Morgan fingerprint density at radius 1 is 1.03 bits per heavy atom. The standard InChI is InChI=1S/C25H24N2O4/c28-20-14-24(30-16-20)25(29)27-11-9-22(10-12-27)31-21-7-5-17(6-8-21)19-13-18-3-1-2-4-23(18)26-15-19/h1-8,13,15,22,24H,9-12,14,16H2. The number of likely N-dealkylation sites (tertiary alicyclic amines) is 1. The van der Waals surface area contributed by atoms with Crippen LogP contribution in [0, 0.1) is 0 Å². The van der Waals surface area contributed by atoms with Gasteiger partial charge in [-0.3, -0.25) is 14.6 Å². The Bertz CT molecular complexity index is 1100. The van der Waals surface area contributed by atoms with Crippen LogP contribution in [0.5, 0.6) is 5.75 Å². The molecular formula is C25H24N2O4. The Kier molecular flexibility index (Phi) is 5.38. The molecule has 2 aliphatic rings. The topological polar surface area (TPSA) is 68.7 Å². The van der Waals surface area contributed by atoms with E-state index in [-0.39, 0.29) is 30.8 Å². The van der Waals surface area contributed by atoms with Gasteiger partial charge in [-0.15, -0.1) is 0 Å². The van der Waals surface area contributed by atoms with Crippen LogP contribution >= 0.6 is 0 Å². The molecule has 0 aliphatic carbocycles. The summed E-state index contributed by atoms with van der Waals surface area (Å²) in [5, 5.41) is 1.12. The van der Waals surface area contributed by atoms with Gasteiger partial charge in [0.1, 0.15) is 24.6 Å². The van der Waals surface area contributed by atoms with Gasteiger partial charge in [0.25, 0.3) is 5.91 Å². The monoisotopic (exact) mass is 416 g/mol. The molecule has 0 spiro atoms. The van der Waals surface area contributed by atoms with Gasteiger partial charge < -0.3 is 14.4 Å². The van der Waals surface area contributed by atoms with Crippen LogP contribution in [0.2, 0.25) is 0 Å². The number of hydrogen-bond donors (Lipinski definition) is 0. The summed E-state index contributed by atoms with van der Waals surface area (Å²) in [7, 11) is 0. The molecule has 6 heteroatoms. The second-order valence-corrected chi connectivity index (χ2v) is 8.13. The third-order valence-electron chi connectivity index (χ3n) is 5.97. The molecule has 3 aromatic rings. The van der Waals surface area contributed by atoms with E-state index in [1.165, 1.54) is 0 Å². The minimum Gasteiger partial charge on any atom is -0.490 e. The predicted octanol–water partition coefficient (Wildman–Crippen LogP) is 3.63. The van der Waals surface area contributed by atoms with Crippen molar-refractivity contribution in [3.63, 3.8) is 0 Å². The molecule has 3 heterocycles. The van der Waals surface area contributed by atoms with Crippen molar-refractivity contribution in [2.24, 2.45) is 0 Å². The summed E-state index contributed by atoms with van der Waals surface area (Å²) >= 11 is 0. The van der Waals surface area contributed by atoms with Gasteiger partial charge in [-0.05, 0) is 29.8 Å². The van der Waals surface area contributed by atoms with E-state index in [1.807, 2.05) is 48.7 Å². The molecule has 31 heavy (non-hydrogen) atoms. The van der Waals surface area contributed by atoms with E-state index < -0.39 is 6.10 Å². The molecule has 2 saturated heterocycles. The third-order valence-corrected chi connectivity index (χ3v) is 5.97. The summed E-state index contributed by atoms with van der Waals surface area (Å²) < 4.78 is 11.4. The van der Waals surface area contributed by atoms with Crippen LogP contribution in [-0.2, 0) is 14.3 Å². The molecule has 5 rings (SSSR count). The second-order valence-electron chi connectivity index (χ2n) is 8.13. The van der Waals surface area contributed by atoms with Crippen molar-refractivity contribution in [1.29, 1.82) is 0 Å². The highest BCUT2D eigenvalue weighted by atomic mass is 16.5. The lowest BCUT2D eigenvalue weighted by atomic mass is 10.0. The summed E-state index contributed by atoms with van der Waals surface area (Å²) in [5.74, 6) is 0.754. The molecule has 2 aliphatic heterocycles. The van der Waals surface area contributed by atoms with E-state index in [2.05, 4.69) is 17.1 Å². The van der Waals surface area contributed by atoms with Crippen LogP contribution in [0.3, 0.4) is 0 Å². The fourth-order valence-corrected chi connectivity index (χ4v) is 4.22. The van der Waals surface area contributed by atoms with Gasteiger partial charge in [0, 0.05) is 49.5 Å². The fourth-order valence-electron chi connectivity index (χ4n) is 4.22. The molecule has 2 aromatic carbocycles. The first-order chi connectivity index (χ1) is 15.2. The normalized spacial score (nSPS) is 19.7. The number of hydrogen-bond acceptors (Lipinski definition) is 5. The van der Waals surface area contributed by atoms with Crippen LogP contribution in [0.1, 0.15) is 19.3 Å². The number of piperidine rings is 1. The van der Waals surface area contributed by atoms with Crippen molar-refractivity contribution in [2.45, 2.75) is 31.5 Å². The molecule has 158 valence electrons. The Morgan fingerprint density at radius 3 is 2.55 bits per heavy atom. The number of benzene rings is 2. The van der Waals surface area contributed by atoms with E-state index in [1.54, 1.807) is 4.90 Å². The van der Waals surface area contributed by atoms with Gasteiger partial charge in [0.15, 0.2) is 5.78 Å². The molecule has 1 aromatic heterocycles. The zero-order valence-corrected chi connectivity index (χ0v) is 17.2. The first-order valence-corrected chi connectivity index (χ1v) is 10.7. The van der Waals surface area contributed by atoms with Crippen molar-refractivity contribution in [2.75, 3.05) is 19.7 Å². The van der Waals surface area contributed by atoms with Crippen molar-refractivity contribution in [1.82, 2.24) is 9.88 Å². The minimum atomic E-state index is -0.595. The summed E-state index contributed by atoms with van der Waals surface area (Å²) in [5.41, 5.74) is 3.16. The lowest BCUT2D eigenvalue weighted by Gasteiger charge is -2.33. The minimum absolute atomic E-state index is 0.000475. The zero-order chi connectivity index (χ0) is 21.2. The molecule has 1 amide bonds. The quantitative estimate of drug-likeness (QED) is 0.650. The number of nitrogens with zero attached hydrogens (tertiary/aromatic N) is 2. The molecule has 0 N–H and O–H groups in total. The first kappa shape index (κ1) is 19.7. The van der Waals surface area contributed by atoms with Crippen molar-refractivity contribution < 1.29 is 19.1 Å². The Hall–Kier alpha value is -3.25. The average molecular weight is 416 g/mol. The summed E-state index contributed by atoms with van der Waals surface area (Å²) in [6.45, 7) is 1.30. The number of fused-ring (bicyclic) bond motifs is 1. The maximum Gasteiger partial charge on any atom is 0.252 e. The Labute approximate surface area is 180 Å². The lowest BCUT2D eigenvalue weighted by Crippen LogP contribution is -2.46. The number of carbonyl (C=O) groups excluding carboxylic acids is 2. The molecular weight excluding hydrogens is 392 g/mol. The smallest absolute Gasteiger partial charge is 0.252 e. The number of pyridine rings is 1. The molecule has 1 atom stereocenters. The zero-order valence-electron chi connectivity index (χ0n) is 17.2. The number of rotatable bonds is 4. The van der Waals surface area contributed by atoms with Crippen LogP contribution in [-0.4, -0.2) is 53.5 Å². The average Bonchev–Trinajstić information content (AvgIpc) is 3.25. The van der Waals surface area contributed by atoms with E-state index in [4.69, 9.17) is 9.47 Å². The van der Waals surface area contributed by atoms with E-state index in [9.17, 15) is 9.59 Å². The number of aromatic nitrogens is 1. The van der Waals surface area contributed by atoms with Crippen LogP contribution in [0.25, 0.3) is 22.0 Å². The third kappa shape index (κ3) is 4.30. The van der Waals surface area contributed by atoms with Crippen molar-refractivity contribution in [3.05, 3.63) is 60.8 Å². The van der Waals surface area contributed by atoms with Gasteiger partial charge in [0.2, 0.25) is 0 Å². The van der Waals surface area contributed by atoms with Crippen LogP contribution in [0.4, 0.5) is 0 Å². The highest BCUT2D eigenvalue weighted by molar-refractivity contribution is 5.91. The first-order valence-electron chi connectivity index (χ1n) is 10.7. The molecule has 1 unspecified atom stereocenters. The maximum absolute atomic E-state index is 12.5. The Morgan fingerprint density at radius 2 is 1.81 bits per heavy atom. The molecule has 0 saturated carbocycles. The number of amides is 1. The van der Waals surface area contributed by atoms with E-state index in [0.717, 1.165) is 40.6 Å². The molecule has 0 bridgehead atoms. The largest absolute Gasteiger partial charge is 0.490 e. The number of Topliss-reactive ketones (excluding diaryl/α,β-unsaturated/α-hetero) is 1. The summed E-state index contributed by atoms with van der Waals surface area (Å²) in [4.78, 5) is 30.1. The number of ketones is 1.